The van der Waals surface area contributed by atoms with Crippen LogP contribution in [0.2, 0.25) is 0 Å². The van der Waals surface area contributed by atoms with Crippen LogP contribution in [0, 0.1) is 5.92 Å². The van der Waals surface area contributed by atoms with Crippen LogP contribution < -0.4 is 15.4 Å². The predicted molar refractivity (Wildman–Crippen MR) is 78.4 cm³/mol. The molecule has 1 aliphatic heterocycles. The van der Waals surface area contributed by atoms with Crippen LogP contribution in [0.1, 0.15) is 13.8 Å². The van der Waals surface area contributed by atoms with E-state index in [2.05, 4.69) is 28.8 Å². The monoisotopic (exact) mass is 297 g/mol. The fourth-order valence-corrected chi connectivity index (χ4v) is 1.84. The summed E-state index contributed by atoms with van der Waals surface area (Å²) in [4.78, 5) is 14.4. The SMILES string of the molecule is CC(C)COCCOc1nc(N)nc(N2CCOCC2)n1. The molecule has 0 bridgehead atoms. The van der Waals surface area contributed by atoms with Crippen molar-refractivity contribution in [3.63, 3.8) is 0 Å². The number of aromatic nitrogens is 3. The van der Waals surface area contributed by atoms with Crippen LogP contribution in [0.4, 0.5) is 11.9 Å². The Morgan fingerprint density at radius 1 is 1.19 bits per heavy atom. The molecule has 1 saturated heterocycles. The van der Waals surface area contributed by atoms with Crippen LogP contribution in [0.3, 0.4) is 0 Å². The van der Waals surface area contributed by atoms with Crippen molar-refractivity contribution in [2.75, 3.05) is 56.8 Å². The molecule has 0 radical (unpaired) electrons. The Hall–Kier alpha value is -1.67. The smallest absolute Gasteiger partial charge is 0.323 e. The predicted octanol–water partition coefficient (Wildman–Crippen LogP) is 0.342. The van der Waals surface area contributed by atoms with E-state index in [-0.39, 0.29) is 12.0 Å². The van der Waals surface area contributed by atoms with Gasteiger partial charge in [0.25, 0.3) is 0 Å². The molecule has 2 N–H and O–H groups in total. The molecule has 1 aromatic heterocycles. The van der Waals surface area contributed by atoms with Crippen LogP contribution in [0.5, 0.6) is 6.01 Å². The lowest BCUT2D eigenvalue weighted by molar-refractivity contribution is 0.0791. The molecule has 1 fully saturated rings. The Bertz CT molecular complexity index is 438. The molecular formula is C13H23N5O3. The molecule has 0 unspecified atom stereocenters. The maximum Gasteiger partial charge on any atom is 0.323 e. The Morgan fingerprint density at radius 3 is 2.67 bits per heavy atom. The van der Waals surface area contributed by atoms with Crippen molar-refractivity contribution in [3.05, 3.63) is 0 Å². The van der Waals surface area contributed by atoms with Crippen molar-refractivity contribution in [1.29, 1.82) is 0 Å². The molecule has 118 valence electrons. The summed E-state index contributed by atoms with van der Waals surface area (Å²) in [7, 11) is 0. The molecule has 0 aromatic carbocycles. The second-order valence-electron chi connectivity index (χ2n) is 5.19. The Kier molecular flexibility index (Phi) is 5.94. The summed E-state index contributed by atoms with van der Waals surface area (Å²) in [5.74, 6) is 1.19. The maximum absolute atomic E-state index is 5.70. The lowest BCUT2D eigenvalue weighted by atomic mass is 10.2. The molecule has 2 rings (SSSR count). The van der Waals surface area contributed by atoms with E-state index in [0.717, 1.165) is 13.1 Å². The molecule has 0 saturated carbocycles. The van der Waals surface area contributed by atoms with Crippen LogP contribution in [0.25, 0.3) is 0 Å². The first-order valence-electron chi connectivity index (χ1n) is 7.20. The van der Waals surface area contributed by atoms with Crippen molar-refractivity contribution in [2.24, 2.45) is 5.92 Å². The Balaban J connectivity index is 1.86. The van der Waals surface area contributed by atoms with Crippen LogP contribution in [-0.2, 0) is 9.47 Å². The normalized spacial score (nSPS) is 15.5. The standard InChI is InChI=1S/C13H23N5O3/c1-10(2)9-20-7-8-21-13-16-11(14)15-12(17-13)18-3-5-19-6-4-18/h10H,3-9H2,1-2H3,(H2,14,15,16,17). The highest BCUT2D eigenvalue weighted by Gasteiger charge is 2.16. The zero-order valence-corrected chi connectivity index (χ0v) is 12.6. The third kappa shape index (κ3) is 5.31. The van der Waals surface area contributed by atoms with Crippen LogP contribution in [0.15, 0.2) is 0 Å². The molecule has 0 spiro atoms. The first kappa shape index (κ1) is 15.7. The highest BCUT2D eigenvalue weighted by molar-refractivity contribution is 5.36. The van der Waals surface area contributed by atoms with Gasteiger partial charge in [0.1, 0.15) is 6.61 Å². The van der Waals surface area contributed by atoms with Crippen molar-refractivity contribution < 1.29 is 14.2 Å². The van der Waals surface area contributed by atoms with Crippen molar-refractivity contribution >= 4 is 11.9 Å². The fourth-order valence-electron chi connectivity index (χ4n) is 1.84. The van der Waals surface area contributed by atoms with E-state index in [1.807, 2.05) is 4.90 Å². The second kappa shape index (κ2) is 7.94. The number of nitrogens with two attached hydrogens (primary N) is 1. The quantitative estimate of drug-likeness (QED) is 0.720. The number of rotatable bonds is 7. The summed E-state index contributed by atoms with van der Waals surface area (Å²) in [6.45, 7) is 8.58. The van der Waals surface area contributed by atoms with Gasteiger partial charge in [-0.3, -0.25) is 0 Å². The zero-order chi connectivity index (χ0) is 15.1. The summed E-state index contributed by atoms with van der Waals surface area (Å²) < 4.78 is 16.2. The van der Waals surface area contributed by atoms with Gasteiger partial charge in [-0.15, -0.1) is 0 Å². The van der Waals surface area contributed by atoms with E-state index in [1.165, 1.54) is 0 Å². The van der Waals surface area contributed by atoms with Crippen molar-refractivity contribution in [1.82, 2.24) is 15.0 Å². The molecule has 2 heterocycles. The zero-order valence-electron chi connectivity index (χ0n) is 12.6. The second-order valence-corrected chi connectivity index (χ2v) is 5.19. The van der Waals surface area contributed by atoms with Gasteiger partial charge in [0.05, 0.1) is 19.8 Å². The number of hydrogen-bond donors (Lipinski definition) is 1. The minimum Gasteiger partial charge on any atom is -0.461 e. The third-order valence-corrected chi connectivity index (χ3v) is 2.82. The molecule has 0 amide bonds. The summed E-state index contributed by atoms with van der Waals surface area (Å²) >= 11 is 0. The van der Waals surface area contributed by atoms with Gasteiger partial charge in [-0.05, 0) is 5.92 Å². The van der Waals surface area contributed by atoms with Gasteiger partial charge < -0.3 is 24.8 Å². The van der Waals surface area contributed by atoms with E-state index in [1.54, 1.807) is 0 Å². The molecule has 8 nitrogen and oxygen atoms in total. The van der Waals surface area contributed by atoms with E-state index in [0.29, 0.717) is 44.9 Å². The van der Waals surface area contributed by atoms with Gasteiger partial charge >= 0.3 is 6.01 Å². The summed E-state index contributed by atoms with van der Waals surface area (Å²) in [6, 6.07) is 0.233. The molecule has 1 aliphatic rings. The first-order chi connectivity index (χ1) is 10.1. The van der Waals surface area contributed by atoms with Crippen LogP contribution >= 0.6 is 0 Å². The van der Waals surface area contributed by atoms with Gasteiger partial charge in [-0.25, -0.2) is 0 Å². The van der Waals surface area contributed by atoms with Gasteiger partial charge in [0.2, 0.25) is 11.9 Å². The van der Waals surface area contributed by atoms with E-state index < -0.39 is 0 Å². The molecule has 8 heteroatoms. The Morgan fingerprint density at radius 2 is 1.95 bits per heavy atom. The number of ether oxygens (including phenoxy) is 3. The first-order valence-corrected chi connectivity index (χ1v) is 7.20. The van der Waals surface area contributed by atoms with E-state index in [9.17, 15) is 0 Å². The average molecular weight is 297 g/mol. The number of nitrogen functional groups attached to an aromatic ring is 1. The number of hydrogen-bond acceptors (Lipinski definition) is 8. The average Bonchev–Trinajstić information content (AvgIpc) is 2.47. The highest BCUT2D eigenvalue weighted by atomic mass is 16.5. The Labute approximate surface area is 124 Å². The van der Waals surface area contributed by atoms with Gasteiger partial charge in [-0.1, -0.05) is 13.8 Å². The van der Waals surface area contributed by atoms with E-state index >= 15 is 0 Å². The molecule has 21 heavy (non-hydrogen) atoms. The molecule has 0 aliphatic carbocycles. The van der Waals surface area contributed by atoms with Crippen LogP contribution in [-0.4, -0.2) is 61.1 Å². The maximum atomic E-state index is 5.70. The lowest BCUT2D eigenvalue weighted by Crippen LogP contribution is -2.37. The third-order valence-electron chi connectivity index (χ3n) is 2.82. The lowest BCUT2D eigenvalue weighted by Gasteiger charge is -2.26. The van der Waals surface area contributed by atoms with E-state index in [4.69, 9.17) is 19.9 Å². The van der Waals surface area contributed by atoms with Crippen molar-refractivity contribution in [2.45, 2.75) is 13.8 Å². The molecule has 1 aromatic rings. The number of anilines is 2. The van der Waals surface area contributed by atoms with Gasteiger partial charge in [0.15, 0.2) is 0 Å². The number of morpholine rings is 1. The summed E-state index contributed by atoms with van der Waals surface area (Å²) in [6.07, 6.45) is 0. The highest BCUT2D eigenvalue weighted by Crippen LogP contribution is 2.14. The fraction of sp³-hybridized carbons (Fsp3) is 0.769. The van der Waals surface area contributed by atoms with Gasteiger partial charge in [-0.2, -0.15) is 15.0 Å². The minimum absolute atomic E-state index is 0.157. The molecule has 0 atom stereocenters. The van der Waals surface area contributed by atoms with Gasteiger partial charge in [0, 0.05) is 19.7 Å². The minimum atomic E-state index is 0.157. The topological polar surface area (TPSA) is 95.6 Å². The molecular weight excluding hydrogens is 274 g/mol. The largest absolute Gasteiger partial charge is 0.461 e. The number of nitrogens with zero attached hydrogens (tertiary/aromatic N) is 4. The summed E-state index contributed by atoms with van der Waals surface area (Å²) in [5.41, 5.74) is 5.70. The summed E-state index contributed by atoms with van der Waals surface area (Å²) in [5, 5.41) is 0. The van der Waals surface area contributed by atoms with Crippen molar-refractivity contribution in [3.8, 4) is 6.01 Å².